The molecule has 0 unspecified atom stereocenters. The molecule has 7 heteroatoms. The summed E-state index contributed by atoms with van der Waals surface area (Å²) < 4.78 is 1.76. The monoisotopic (exact) mass is 370 g/mol. The maximum atomic E-state index is 12.6. The lowest BCUT2D eigenvalue weighted by atomic mass is 9.91. The summed E-state index contributed by atoms with van der Waals surface area (Å²) in [4.78, 5) is 24.5. The average molecular weight is 371 g/mol. The molecule has 4 rings (SSSR count). The van der Waals surface area contributed by atoms with Gasteiger partial charge >= 0.3 is 0 Å². The predicted molar refractivity (Wildman–Crippen MR) is 108 cm³/mol. The molecule has 0 amide bonds. The zero-order valence-electron chi connectivity index (χ0n) is 16.2. The highest BCUT2D eigenvalue weighted by Gasteiger charge is 2.31. The number of nitrogens with zero attached hydrogens (tertiary/aromatic N) is 4. The number of hydrogen-bond donors (Lipinski definition) is 2. The molecule has 2 atom stereocenters. The van der Waals surface area contributed by atoms with Gasteiger partial charge in [0.05, 0.1) is 6.54 Å². The van der Waals surface area contributed by atoms with Crippen LogP contribution >= 0.6 is 0 Å². The first-order valence-corrected chi connectivity index (χ1v) is 10.3. The predicted octanol–water partition coefficient (Wildman–Crippen LogP) is 2.26. The Bertz CT molecular complexity index is 777. The normalized spacial score (nSPS) is 27.1. The maximum Gasteiger partial charge on any atom is 0.256 e. The van der Waals surface area contributed by atoms with E-state index in [0.29, 0.717) is 11.9 Å². The second kappa shape index (κ2) is 8.25. The van der Waals surface area contributed by atoms with Crippen molar-refractivity contribution in [1.82, 2.24) is 19.8 Å². The van der Waals surface area contributed by atoms with Crippen molar-refractivity contribution in [2.45, 2.75) is 51.6 Å². The molecular weight excluding hydrogens is 340 g/mol. The Morgan fingerprint density at radius 1 is 1.26 bits per heavy atom. The number of aliphatic imine (C=N–C) groups is 1. The van der Waals surface area contributed by atoms with Crippen LogP contribution in [0.5, 0.6) is 0 Å². The molecule has 27 heavy (non-hydrogen) atoms. The molecule has 7 nitrogen and oxygen atoms in total. The summed E-state index contributed by atoms with van der Waals surface area (Å²) >= 11 is 0. The molecule has 0 spiro atoms. The summed E-state index contributed by atoms with van der Waals surface area (Å²) in [5, 5.41) is 6.73. The van der Waals surface area contributed by atoms with Gasteiger partial charge < -0.3 is 10.2 Å². The van der Waals surface area contributed by atoms with Crippen molar-refractivity contribution in [3.63, 3.8) is 0 Å². The van der Waals surface area contributed by atoms with Crippen molar-refractivity contribution in [1.29, 1.82) is 0 Å². The van der Waals surface area contributed by atoms with Gasteiger partial charge in [0.15, 0.2) is 5.96 Å². The number of fused-ring (bicyclic) bond motifs is 1. The standard InChI is InChI=1S/C20H30N6O/c1-15-14-17(27)26-18(16-8-4-2-5-9-16)23-19(24-20(26)22-15)21-10-13-25-11-6-3-7-12-25/h2,4,14,16,18H,3,5-13H2,1H3,(H2,21,22,23,24)/t16-,18+/m1/s1. The van der Waals surface area contributed by atoms with Crippen LogP contribution in [0.4, 0.5) is 5.95 Å². The third-order valence-electron chi connectivity index (χ3n) is 5.76. The number of piperidine rings is 1. The van der Waals surface area contributed by atoms with Crippen LogP contribution in [-0.4, -0.2) is 46.6 Å². The summed E-state index contributed by atoms with van der Waals surface area (Å²) in [7, 11) is 0. The van der Waals surface area contributed by atoms with E-state index >= 15 is 0 Å². The molecule has 1 saturated heterocycles. The number of nitrogens with one attached hydrogen (secondary N) is 2. The van der Waals surface area contributed by atoms with Crippen LogP contribution in [0.25, 0.3) is 0 Å². The average Bonchev–Trinajstić information content (AvgIpc) is 2.68. The van der Waals surface area contributed by atoms with Crippen molar-refractivity contribution >= 4 is 11.9 Å². The van der Waals surface area contributed by atoms with Gasteiger partial charge in [-0.1, -0.05) is 18.6 Å². The Balaban J connectivity index is 1.53. The van der Waals surface area contributed by atoms with Gasteiger partial charge in [0, 0.05) is 24.2 Å². The molecule has 1 aromatic rings. The smallest absolute Gasteiger partial charge is 0.256 e. The van der Waals surface area contributed by atoms with Gasteiger partial charge in [0.1, 0.15) is 6.17 Å². The van der Waals surface area contributed by atoms with Gasteiger partial charge in [-0.3, -0.25) is 19.7 Å². The second-order valence-corrected chi connectivity index (χ2v) is 7.82. The van der Waals surface area contributed by atoms with Gasteiger partial charge in [0.25, 0.3) is 5.56 Å². The zero-order chi connectivity index (χ0) is 18.6. The van der Waals surface area contributed by atoms with E-state index in [1.165, 1.54) is 32.4 Å². The molecule has 2 N–H and O–H groups in total. The lowest BCUT2D eigenvalue weighted by Gasteiger charge is -2.36. The number of guanidine groups is 1. The molecule has 0 bridgehead atoms. The van der Waals surface area contributed by atoms with Crippen LogP contribution in [0.3, 0.4) is 0 Å². The fourth-order valence-corrected chi connectivity index (χ4v) is 4.31. The van der Waals surface area contributed by atoms with Gasteiger partial charge in [-0.25, -0.2) is 4.98 Å². The van der Waals surface area contributed by atoms with Crippen molar-refractivity contribution in [3.05, 3.63) is 34.3 Å². The Morgan fingerprint density at radius 2 is 2.11 bits per heavy atom. The third kappa shape index (κ3) is 4.24. The Morgan fingerprint density at radius 3 is 2.89 bits per heavy atom. The van der Waals surface area contributed by atoms with Gasteiger partial charge in [-0.15, -0.1) is 0 Å². The zero-order valence-corrected chi connectivity index (χ0v) is 16.2. The third-order valence-corrected chi connectivity index (χ3v) is 5.76. The van der Waals surface area contributed by atoms with Crippen LogP contribution in [0, 0.1) is 12.8 Å². The van der Waals surface area contributed by atoms with Crippen molar-refractivity contribution in [3.8, 4) is 0 Å². The first-order valence-electron chi connectivity index (χ1n) is 10.3. The largest absolute Gasteiger partial charge is 0.335 e. The van der Waals surface area contributed by atoms with Crippen molar-refractivity contribution < 1.29 is 0 Å². The molecule has 146 valence electrons. The van der Waals surface area contributed by atoms with Crippen LogP contribution in [0.2, 0.25) is 0 Å². The molecule has 3 aliphatic rings. The molecule has 0 saturated carbocycles. The number of hydrogen-bond acceptors (Lipinski definition) is 4. The van der Waals surface area contributed by atoms with Crippen molar-refractivity contribution in [2.24, 2.45) is 10.9 Å². The minimum absolute atomic E-state index is 0.00980. The number of aromatic nitrogens is 2. The number of aryl methyl sites for hydroxylation is 1. The highest BCUT2D eigenvalue weighted by Crippen LogP contribution is 2.30. The lowest BCUT2D eigenvalue weighted by Crippen LogP contribution is -2.50. The van der Waals surface area contributed by atoms with E-state index in [9.17, 15) is 4.79 Å². The highest BCUT2D eigenvalue weighted by atomic mass is 16.1. The van der Waals surface area contributed by atoms with Crippen LogP contribution < -0.4 is 16.2 Å². The molecule has 0 aromatic carbocycles. The summed E-state index contributed by atoms with van der Waals surface area (Å²) in [5.74, 6) is 1.71. The molecule has 2 aliphatic heterocycles. The first kappa shape index (κ1) is 18.2. The summed E-state index contributed by atoms with van der Waals surface area (Å²) in [6, 6.07) is 1.61. The molecule has 1 aliphatic carbocycles. The Labute approximate surface area is 160 Å². The lowest BCUT2D eigenvalue weighted by molar-refractivity contribution is 0.234. The first-order chi connectivity index (χ1) is 13.2. The van der Waals surface area contributed by atoms with Crippen LogP contribution in [0.15, 0.2) is 28.0 Å². The van der Waals surface area contributed by atoms with E-state index in [0.717, 1.165) is 44.0 Å². The summed E-state index contributed by atoms with van der Waals surface area (Å²) in [6.07, 6.45) is 11.4. The quantitative estimate of drug-likeness (QED) is 0.796. The SMILES string of the molecule is Cc1cc(=O)n2c(n1)NC(=NCCN1CCCCC1)N[C@@H]2[C@@H]1CC=CCC1. The van der Waals surface area contributed by atoms with E-state index in [4.69, 9.17) is 4.99 Å². The maximum absolute atomic E-state index is 12.6. The Kier molecular flexibility index (Phi) is 5.57. The molecular formula is C20H30N6O. The van der Waals surface area contributed by atoms with E-state index < -0.39 is 0 Å². The van der Waals surface area contributed by atoms with Crippen molar-refractivity contribution in [2.75, 3.05) is 31.5 Å². The van der Waals surface area contributed by atoms with E-state index in [1.807, 2.05) is 6.92 Å². The fourth-order valence-electron chi connectivity index (χ4n) is 4.31. The number of likely N-dealkylation sites (tertiary alicyclic amines) is 1. The summed E-state index contributed by atoms with van der Waals surface area (Å²) in [5.41, 5.74) is 0.722. The van der Waals surface area contributed by atoms with Gasteiger partial charge in [-0.2, -0.15) is 0 Å². The minimum atomic E-state index is -0.0967. The number of allylic oxidation sites excluding steroid dienone is 2. The number of anilines is 1. The fraction of sp³-hybridized carbons (Fsp3) is 0.650. The van der Waals surface area contributed by atoms with E-state index in [1.54, 1.807) is 10.6 Å². The van der Waals surface area contributed by atoms with Gasteiger partial charge in [-0.05, 0) is 52.1 Å². The molecule has 1 aromatic heterocycles. The van der Waals surface area contributed by atoms with Gasteiger partial charge in [0.2, 0.25) is 5.95 Å². The minimum Gasteiger partial charge on any atom is -0.335 e. The van der Waals surface area contributed by atoms with Crippen LogP contribution in [0.1, 0.15) is 50.4 Å². The molecule has 0 radical (unpaired) electrons. The summed E-state index contributed by atoms with van der Waals surface area (Å²) in [6.45, 7) is 5.96. The van der Waals surface area contributed by atoms with E-state index in [-0.39, 0.29) is 11.7 Å². The van der Waals surface area contributed by atoms with E-state index in [2.05, 4.69) is 32.7 Å². The number of rotatable bonds is 4. The topological polar surface area (TPSA) is 74.5 Å². The molecule has 1 fully saturated rings. The van der Waals surface area contributed by atoms with Crippen LogP contribution in [-0.2, 0) is 0 Å². The highest BCUT2D eigenvalue weighted by molar-refractivity contribution is 5.93. The Hall–Kier alpha value is -2.15. The molecule has 3 heterocycles. The second-order valence-electron chi connectivity index (χ2n) is 7.82.